The fraction of sp³-hybridized carbons (Fsp3) is 0.600. The summed E-state index contributed by atoms with van der Waals surface area (Å²) in [6.07, 6.45) is 4.39. The van der Waals surface area contributed by atoms with Crippen molar-refractivity contribution in [3.8, 4) is 0 Å². The van der Waals surface area contributed by atoms with Crippen LogP contribution >= 0.6 is 0 Å². The first-order chi connectivity index (χ1) is 8.25. The minimum absolute atomic E-state index is 0.0632. The van der Waals surface area contributed by atoms with Crippen molar-refractivity contribution in [1.82, 2.24) is 4.90 Å². The first-order valence-electron chi connectivity index (χ1n) is 6.76. The van der Waals surface area contributed by atoms with Crippen molar-refractivity contribution in [2.45, 2.75) is 56.8 Å². The molecule has 3 atom stereocenters. The predicted molar refractivity (Wildman–Crippen MR) is 68.7 cm³/mol. The minimum atomic E-state index is -0.0632. The summed E-state index contributed by atoms with van der Waals surface area (Å²) in [7, 11) is 0. The van der Waals surface area contributed by atoms with Crippen LogP contribution in [-0.2, 0) is 0 Å². The smallest absolute Gasteiger partial charge is 0.0570 e. The van der Waals surface area contributed by atoms with Gasteiger partial charge in [0.05, 0.1) is 6.10 Å². The molecule has 2 aliphatic heterocycles. The van der Waals surface area contributed by atoms with E-state index < -0.39 is 0 Å². The molecule has 3 rings (SSSR count). The maximum Gasteiger partial charge on any atom is 0.0570 e. The summed E-state index contributed by atoms with van der Waals surface area (Å²) in [5.74, 6) is 0. The largest absolute Gasteiger partial charge is 0.393 e. The lowest BCUT2D eigenvalue weighted by atomic mass is 9.95. The average molecular weight is 231 g/mol. The third kappa shape index (κ3) is 2.00. The van der Waals surface area contributed by atoms with Crippen molar-refractivity contribution in [2.75, 3.05) is 0 Å². The van der Waals surface area contributed by atoms with Crippen LogP contribution in [0.15, 0.2) is 30.3 Å². The summed E-state index contributed by atoms with van der Waals surface area (Å²) in [5, 5.41) is 9.83. The summed E-state index contributed by atoms with van der Waals surface area (Å²) in [4.78, 5) is 2.64. The average Bonchev–Trinajstić information content (AvgIpc) is 2.62. The lowest BCUT2D eigenvalue weighted by molar-refractivity contribution is 0.0139. The highest BCUT2D eigenvalue weighted by atomic mass is 16.3. The Morgan fingerprint density at radius 1 is 1.12 bits per heavy atom. The van der Waals surface area contributed by atoms with E-state index in [1.54, 1.807) is 0 Å². The van der Waals surface area contributed by atoms with Crippen molar-refractivity contribution in [3.63, 3.8) is 0 Å². The molecule has 1 N–H and O–H groups in total. The molecule has 17 heavy (non-hydrogen) atoms. The Morgan fingerprint density at radius 3 is 2.29 bits per heavy atom. The second-order valence-corrected chi connectivity index (χ2v) is 5.54. The number of hydrogen-bond donors (Lipinski definition) is 1. The highest BCUT2D eigenvalue weighted by Crippen LogP contribution is 2.41. The highest BCUT2D eigenvalue weighted by molar-refractivity contribution is 5.19. The Kier molecular flexibility index (Phi) is 2.93. The van der Waals surface area contributed by atoms with Gasteiger partial charge < -0.3 is 5.11 Å². The molecular formula is C15H21NO. The van der Waals surface area contributed by atoms with Crippen molar-refractivity contribution in [3.05, 3.63) is 35.9 Å². The van der Waals surface area contributed by atoms with Crippen LogP contribution in [0.3, 0.4) is 0 Å². The molecule has 1 aromatic carbocycles. The maximum absolute atomic E-state index is 9.83. The summed E-state index contributed by atoms with van der Waals surface area (Å²) in [6, 6.07) is 12.4. The van der Waals surface area contributed by atoms with Gasteiger partial charge >= 0.3 is 0 Å². The zero-order valence-electron chi connectivity index (χ0n) is 10.4. The number of nitrogens with zero attached hydrogens (tertiary/aromatic N) is 1. The van der Waals surface area contributed by atoms with Gasteiger partial charge in [0.1, 0.15) is 0 Å². The summed E-state index contributed by atoms with van der Waals surface area (Å²) in [5.41, 5.74) is 1.40. The van der Waals surface area contributed by atoms with Crippen molar-refractivity contribution in [2.24, 2.45) is 0 Å². The van der Waals surface area contributed by atoms with Gasteiger partial charge in [-0.1, -0.05) is 30.3 Å². The molecule has 0 radical (unpaired) electrons. The van der Waals surface area contributed by atoms with Crippen molar-refractivity contribution >= 4 is 0 Å². The molecule has 2 nitrogen and oxygen atoms in total. The predicted octanol–water partition coefficient (Wildman–Crippen LogP) is 2.74. The van der Waals surface area contributed by atoms with E-state index >= 15 is 0 Å². The Hall–Kier alpha value is -0.860. The normalized spacial score (nSPS) is 34.8. The first kappa shape index (κ1) is 11.2. The zero-order chi connectivity index (χ0) is 11.8. The molecule has 0 saturated carbocycles. The van der Waals surface area contributed by atoms with E-state index in [-0.39, 0.29) is 6.10 Å². The number of rotatable bonds is 2. The number of fused-ring (bicyclic) bond motifs is 2. The van der Waals surface area contributed by atoms with Crippen molar-refractivity contribution < 1.29 is 5.11 Å². The third-order valence-corrected chi connectivity index (χ3v) is 4.49. The topological polar surface area (TPSA) is 23.5 Å². The molecule has 1 aromatic rings. The molecular weight excluding hydrogens is 210 g/mol. The summed E-state index contributed by atoms with van der Waals surface area (Å²) < 4.78 is 0. The van der Waals surface area contributed by atoms with E-state index in [1.165, 1.54) is 18.4 Å². The van der Waals surface area contributed by atoms with Crippen LogP contribution in [-0.4, -0.2) is 28.2 Å². The second kappa shape index (κ2) is 4.43. The molecule has 2 saturated heterocycles. The van der Waals surface area contributed by atoms with Gasteiger partial charge in [0.15, 0.2) is 0 Å². The van der Waals surface area contributed by atoms with Crippen LogP contribution in [0.5, 0.6) is 0 Å². The lowest BCUT2D eigenvalue weighted by Crippen LogP contribution is -2.45. The summed E-state index contributed by atoms with van der Waals surface area (Å²) in [6.45, 7) is 2.30. The quantitative estimate of drug-likeness (QED) is 0.846. The molecule has 0 spiro atoms. The van der Waals surface area contributed by atoms with E-state index in [2.05, 4.69) is 42.2 Å². The van der Waals surface area contributed by atoms with Gasteiger partial charge in [0.2, 0.25) is 0 Å². The fourth-order valence-corrected chi connectivity index (χ4v) is 3.72. The molecule has 0 aliphatic carbocycles. The SMILES string of the molecule is CC(c1ccccc1)N1C2CCC1CC(O)C2. The minimum Gasteiger partial charge on any atom is -0.393 e. The van der Waals surface area contributed by atoms with Crippen LogP contribution < -0.4 is 0 Å². The van der Waals surface area contributed by atoms with E-state index in [4.69, 9.17) is 0 Å². The van der Waals surface area contributed by atoms with Gasteiger partial charge in [0, 0.05) is 18.1 Å². The number of piperidine rings is 1. The van der Waals surface area contributed by atoms with Crippen molar-refractivity contribution in [1.29, 1.82) is 0 Å². The van der Waals surface area contributed by atoms with Crippen LogP contribution in [0.2, 0.25) is 0 Å². The Labute approximate surface area is 103 Å². The van der Waals surface area contributed by atoms with Crippen LogP contribution in [0, 0.1) is 0 Å². The first-order valence-corrected chi connectivity index (χ1v) is 6.76. The number of aliphatic hydroxyl groups is 1. The Morgan fingerprint density at radius 2 is 1.71 bits per heavy atom. The van der Waals surface area contributed by atoms with Gasteiger partial charge in [-0.2, -0.15) is 0 Å². The van der Waals surface area contributed by atoms with Gasteiger partial charge in [0.25, 0.3) is 0 Å². The fourth-order valence-electron chi connectivity index (χ4n) is 3.72. The molecule has 0 aromatic heterocycles. The molecule has 0 amide bonds. The zero-order valence-corrected chi connectivity index (χ0v) is 10.4. The van der Waals surface area contributed by atoms with Gasteiger partial charge in [-0.3, -0.25) is 4.90 Å². The number of aliphatic hydroxyl groups excluding tert-OH is 1. The standard InChI is InChI=1S/C15H21NO/c1-11(12-5-3-2-4-6-12)16-13-7-8-14(16)10-15(17)9-13/h2-6,11,13-15,17H,7-10H2,1H3. The van der Waals surface area contributed by atoms with Crippen LogP contribution in [0.1, 0.15) is 44.2 Å². The molecule has 3 unspecified atom stereocenters. The molecule has 2 aliphatic rings. The van der Waals surface area contributed by atoms with Gasteiger partial charge in [-0.25, -0.2) is 0 Å². The number of benzene rings is 1. The van der Waals surface area contributed by atoms with Gasteiger partial charge in [-0.05, 0) is 38.2 Å². The highest BCUT2D eigenvalue weighted by Gasteiger charge is 2.42. The lowest BCUT2D eigenvalue weighted by Gasteiger charge is -2.41. The van der Waals surface area contributed by atoms with E-state index in [9.17, 15) is 5.11 Å². The molecule has 2 heterocycles. The second-order valence-electron chi connectivity index (χ2n) is 5.54. The van der Waals surface area contributed by atoms with E-state index in [1.807, 2.05) is 0 Å². The van der Waals surface area contributed by atoms with Gasteiger partial charge in [-0.15, -0.1) is 0 Å². The van der Waals surface area contributed by atoms with Crippen LogP contribution in [0.4, 0.5) is 0 Å². The Balaban J connectivity index is 1.81. The Bertz CT molecular complexity index is 364. The monoisotopic (exact) mass is 231 g/mol. The molecule has 92 valence electrons. The van der Waals surface area contributed by atoms with E-state index in [0.29, 0.717) is 18.1 Å². The maximum atomic E-state index is 9.83. The molecule has 2 fully saturated rings. The summed E-state index contributed by atoms with van der Waals surface area (Å²) >= 11 is 0. The van der Waals surface area contributed by atoms with Crippen LogP contribution in [0.25, 0.3) is 0 Å². The molecule has 2 bridgehead atoms. The third-order valence-electron chi connectivity index (χ3n) is 4.49. The van der Waals surface area contributed by atoms with E-state index in [0.717, 1.165) is 12.8 Å². The molecule has 2 heteroatoms. The number of hydrogen-bond acceptors (Lipinski definition) is 2.